The minimum Gasteiger partial charge on any atom is -0.354 e. The van der Waals surface area contributed by atoms with Gasteiger partial charge in [-0.3, -0.25) is 0 Å². The fourth-order valence-electron chi connectivity index (χ4n) is 1.49. The Morgan fingerprint density at radius 3 is 2.06 bits per heavy atom. The van der Waals surface area contributed by atoms with Crippen LogP contribution in [-0.2, 0) is 0 Å². The molecule has 0 radical (unpaired) electrons. The van der Waals surface area contributed by atoms with Crippen LogP contribution in [0.3, 0.4) is 0 Å². The molecule has 1 aliphatic heterocycles. The monoisotopic (exact) mass is 223 g/mol. The lowest BCUT2D eigenvalue weighted by Gasteiger charge is -2.33. The normalized spacial score (nSPS) is 17.5. The number of nitrogens with zero attached hydrogens (tertiary/aromatic N) is 3. The van der Waals surface area contributed by atoms with Crippen molar-refractivity contribution in [2.24, 2.45) is 4.99 Å². The smallest absolute Gasteiger partial charge is 0.128 e. The molecule has 0 aromatic rings. The molecule has 0 amide bonds. The Hall–Kier alpha value is -1.09. The molecule has 16 heavy (non-hydrogen) atoms. The minimum atomic E-state index is 0.950. The van der Waals surface area contributed by atoms with Crippen molar-refractivity contribution in [1.29, 1.82) is 0 Å². The van der Waals surface area contributed by atoms with Crippen LogP contribution in [0, 0.1) is 0 Å². The predicted octanol–water partition coefficient (Wildman–Crippen LogP) is 2.38. The standard InChI is InChI=1S/C11H19N3.C2H6/c1-10(2)9-11(12-3)14-7-5-13(4)6-8-14;1-2/h9H,1,3,5-8H2,2,4H3;1-2H3/b11-9+;. The van der Waals surface area contributed by atoms with Gasteiger partial charge >= 0.3 is 0 Å². The topological polar surface area (TPSA) is 18.8 Å². The van der Waals surface area contributed by atoms with Gasteiger partial charge in [0.25, 0.3) is 0 Å². The number of likely N-dealkylation sites (N-methyl/N-ethyl adjacent to an activating group) is 1. The summed E-state index contributed by atoms with van der Waals surface area (Å²) in [6.45, 7) is 17.6. The number of piperazine rings is 1. The third-order valence-electron chi connectivity index (χ3n) is 2.36. The summed E-state index contributed by atoms with van der Waals surface area (Å²) in [5.41, 5.74) is 1.02. The van der Waals surface area contributed by atoms with Crippen LogP contribution in [0.15, 0.2) is 29.0 Å². The van der Waals surface area contributed by atoms with E-state index < -0.39 is 0 Å². The number of rotatable bonds is 3. The molecule has 1 rings (SSSR count). The molecule has 0 bridgehead atoms. The van der Waals surface area contributed by atoms with E-state index in [1.807, 2.05) is 26.8 Å². The Balaban J connectivity index is 0.00000106. The third kappa shape index (κ3) is 5.12. The number of hydrogen-bond acceptors (Lipinski definition) is 3. The quantitative estimate of drug-likeness (QED) is 0.540. The van der Waals surface area contributed by atoms with Gasteiger partial charge in [-0.05, 0) is 26.8 Å². The molecular formula is C13H25N3. The minimum absolute atomic E-state index is 0.950. The van der Waals surface area contributed by atoms with Crippen LogP contribution in [0.25, 0.3) is 0 Å². The van der Waals surface area contributed by atoms with Crippen molar-refractivity contribution < 1.29 is 0 Å². The Morgan fingerprint density at radius 2 is 1.69 bits per heavy atom. The fraction of sp³-hybridized carbons (Fsp3) is 0.615. The Bertz CT molecular complexity index is 248. The largest absolute Gasteiger partial charge is 0.354 e. The fourth-order valence-corrected chi connectivity index (χ4v) is 1.49. The van der Waals surface area contributed by atoms with E-state index in [-0.39, 0.29) is 0 Å². The van der Waals surface area contributed by atoms with E-state index in [1.165, 1.54) is 0 Å². The highest BCUT2D eigenvalue weighted by Gasteiger charge is 2.14. The summed E-state index contributed by atoms with van der Waals surface area (Å²) in [6, 6.07) is 0. The van der Waals surface area contributed by atoms with Crippen LogP contribution in [0.5, 0.6) is 0 Å². The van der Waals surface area contributed by atoms with Gasteiger partial charge in [-0.1, -0.05) is 26.0 Å². The van der Waals surface area contributed by atoms with Crippen LogP contribution in [0.2, 0.25) is 0 Å². The van der Waals surface area contributed by atoms with Gasteiger partial charge in [0.05, 0.1) is 0 Å². The first-order valence-corrected chi connectivity index (χ1v) is 5.91. The average molecular weight is 223 g/mol. The Labute approximate surface area is 100 Å². The molecule has 3 nitrogen and oxygen atoms in total. The average Bonchev–Trinajstić information content (AvgIpc) is 2.29. The van der Waals surface area contributed by atoms with Gasteiger partial charge in [0, 0.05) is 26.2 Å². The van der Waals surface area contributed by atoms with Gasteiger partial charge < -0.3 is 9.80 Å². The molecule has 0 aromatic carbocycles. The highest BCUT2D eigenvalue weighted by molar-refractivity contribution is 5.31. The number of hydrogen-bond donors (Lipinski definition) is 0. The molecule has 0 atom stereocenters. The van der Waals surface area contributed by atoms with Crippen molar-refractivity contribution in [2.75, 3.05) is 33.2 Å². The second-order valence-electron chi connectivity index (χ2n) is 3.80. The zero-order valence-corrected chi connectivity index (χ0v) is 11.2. The molecule has 1 fully saturated rings. The predicted molar refractivity (Wildman–Crippen MR) is 72.9 cm³/mol. The van der Waals surface area contributed by atoms with E-state index >= 15 is 0 Å². The number of allylic oxidation sites excluding steroid dienone is 2. The van der Waals surface area contributed by atoms with E-state index in [4.69, 9.17) is 0 Å². The molecule has 0 spiro atoms. The Morgan fingerprint density at radius 1 is 1.19 bits per heavy atom. The highest BCUT2D eigenvalue weighted by atomic mass is 15.3. The van der Waals surface area contributed by atoms with Gasteiger partial charge in [-0.25, -0.2) is 4.99 Å². The van der Waals surface area contributed by atoms with Crippen LogP contribution in [0.1, 0.15) is 20.8 Å². The molecule has 0 aromatic heterocycles. The second kappa shape index (κ2) is 8.11. The first-order valence-electron chi connectivity index (χ1n) is 5.91. The summed E-state index contributed by atoms with van der Waals surface area (Å²) in [5.74, 6) is 0.950. The van der Waals surface area contributed by atoms with Gasteiger partial charge in [0.15, 0.2) is 0 Å². The lowest BCUT2D eigenvalue weighted by atomic mass is 10.3. The molecule has 3 heteroatoms. The van der Waals surface area contributed by atoms with Crippen LogP contribution < -0.4 is 0 Å². The van der Waals surface area contributed by atoms with Crippen molar-refractivity contribution >= 4 is 6.72 Å². The molecule has 0 saturated carbocycles. The van der Waals surface area contributed by atoms with Crippen molar-refractivity contribution in [3.8, 4) is 0 Å². The summed E-state index contributed by atoms with van der Waals surface area (Å²) in [4.78, 5) is 8.60. The molecule has 0 N–H and O–H groups in total. The molecule has 92 valence electrons. The van der Waals surface area contributed by atoms with E-state index in [0.717, 1.165) is 37.6 Å². The zero-order valence-electron chi connectivity index (χ0n) is 11.2. The maximum Gasteiger partial charge on any atom is 0.128 e. The van der Waals surface area contributed by atoms with Gasteiger partial charge in [-0.15, -0.1) is 0 Å². The van der Waals surface area contributed by atoms with E-state index in [1.54, 1.807) is 0 Å². The first kappa shape index (κ1) is 14.9. The zero-order chi connectivity index (χ0) is 12.6. The van der Waals surface area contributed by atoms with Gasteiger partial charge in [0.2, 0.25) is 0 Å². The van der Waals surface area contributed by atoms with E-state index in [2.05, 4.69) is 35.1 Å². The summed E-state index contributed by atoms with van der Waals surface area (Å²) < 4.78 is 0. The van der Waals surface area contributed by atoms with Crippen molar-refractivity contribution in [3.05, 3.63) is 24.0 Å². The molecule has 1 saturated heterocycles. The lowest BCUT2D eigenvalue weighted by molar-refractivity contribution is 0.185. The summed E-state index contributed by atoms with van der Waals surface area (Å²) in [5, 5.41) is 0. The maximum atomic E-state index is 4.03. The van der Waals surface area contributed by atoms with E-state index in [9.17, 15) is 0 Å². The van der Waals surface area contributed by atoms with Crippen LogP contribution >= 0.6 is 0 Å². The Kier molecular flexibility index (Phi) is 7.56. The molecule has 1 aliphatic rings. The molecular weight excluding hydrogens is 198 g/mol. The summed E-state index contributed by atoms with van der Waals surface area (Å²) in [6.07, 6.45) is 1.98. The first-order chi connectivity index (χ1) is 7.63. The maximum absolute atomic E-state index is 4.03. The lowest BCUT2D eigenvalue weighted by Crippen LogP contribution is -2.43. The van der Waals surface area contributed by atoms with Crippen molar-refractivity contribution in [1.82, 2.24) is 9.80 Å². The molecule has 0 aliphatic carbocycles. The SMILES string of the molecule is C=N/C(=C\C(=C)C)N1CCN(C)CC1.CC. The van der Waals surface area contributed by atoms with Crippen molar-refractivity contribution in [3.63, 3.8) is 0 Å². The molecule has 0 unspecified atom stereocenters. The van der Waals surface area contributed by atoms with E-state index in [0.29, 0.717) is 0 Å². The van der Waals surface area contributed by atoms with Crippen LogP contribution in [-0.4, -0.2) is 49.7 Å². The van der Waals surface area contributed by atoms with Crippen LogP contribution in [0.4, 0.5) is 0 Å². The second-order valence-corrected chi connectivity index (χ2v) is 3.80. The van der Waals surface area contributed by atoms with Gasteiger partial charge in [0.1, 0.15) is 5.82 Å². The van der Waals surface area contributed by atoms with Gasteiger partial charge in [-0.2, -0.15) is 0 Å². The third-order valence-corrected chi connectivity index (χ3v) is 2.36. The number of aliphatic imine (C=N–C) groups is 1. The summed E-state index contributed by atoms with van der Waals surface area (Å²) in [7, 11) is 2.14. The highest BCUT2D eigenvalue weighted by Crippen LogP contribution is 2.11. The summed E-state index contributed by atoms with van der Waals surface area (Å²) >= 11 is 0. The van der Waals surface area contributed by atoms with Crippen molar-refractivity contribution in [2.45, 2.75) is 20.8 Å². The molecule has 1 heterocycles.